The van der Waals surface area contributed by atoms with Gasteiger partial charge in [0.15, 0.2) is 11.5 Å². The van der Waals surface area contributed by atoms with Crippen molar-refractivity contribution in [3.05, 3.63) is 98.1 Å². The largest absolute Gasteiger partial charge is 0.490 e. The number of carbonyl (C=O) groups excluding carboxylic acids is 3. The number of carbonyl (C=O) groups is 3. The van der Waals surface area contributed by atoms with Gasteiger partial charge in [-0.25, -0.2) is 9.69 Å². The maximum absolute atomic E-state index is 13.2. The number of non-ortho nitro benzene ring substituents is 1. The van der Waals surface area contributed by atoms with E-state index in [0.717, 1.165) is 17.2 Å². The molecule has 1 N–H and O–H groups in total. The standard InChI is InChI=1S/C27H22ClN3O7/c1-3-37-23-13-18(12-22(28)24(23)38-15-17-7-4-6-16(2)10-17)11-21-25(32)29-27(34)30(26(21)33)19-8-5-9-20(14-19)31(35)36/h4-14H,3,15H2,1-2H3,(H,29,32,34)/b21-11+. The Kier molecular flexibility index (Phi) is 7.73. The molecule has 0 spiro atoms. The van der Waals surface area contributed by atoms with Gasteiger partial charge in [0, 0.05) is 12.1 Å². The van der Waals surface area contributed by atoms with E-state index >= 15 is 0 Å². The van der Waals surface area contributed by atoms with Gasteiger partial charge < -0.3 is 9.47 Å². The molecule has 4 rings (SSSR count). The van der Waals surface area contributed by atoms with Crippen LogP contribution in [0.5, 0.6) is 11.5 Å². The van der Waals surface area contributed by atoms with Crippen LogP contribution >= 0.6 is 11.6 Å². The number of nitro benzene ring substituents is 1. The van der Waals surface area contributed by atoms with Crippen molar-refractivity contribution < 1.29 is 28.8 Å². The molecule has 0 atom stereocenters. The first kappa shape index (κ1) is 26.4. The Morgan fingerprint density at radius 2 is 1.82 bits per heavy atom. The lowest BCUT2D eigenvalue weighted by Gasteiger charge is -2.26. The molecule has 38 heavy (non-hydrogen) atoms. The van der Waals surface area contributed by atoms with Crippen molar-refractivity contribution in [3.63, 3.8) is 0 Å². The van der Waals surface area contributed by atoms with Crippen molar-refractivity contribution in [1.29, 1.82) is 0 Å². The van der Waals surface area contributed by atoms with E-state index in [9.17, 15) is 24.5 Å². The molecule has 0 bridgehead atoms. The number of rotatable bonds is 8. The Hall–Kier alpha value is -4.70. The smallest absolute Gasteiger partial charge is 0.335 e. The lowest BCUT2D eigenvalue weighted by molar-refractivity contribution is -0.384. The summed E-state index contributed by atoms with van der Waals surface area (Å²) in [6.07, 6.45) is 1.26. The van der Waals surface area contributed by atoms with Gasteiger partial charge in [-0.05, 0) is 49.2 Å². The Balaban J connectivity index is 1.67. The van der Waals surface area contributed by atoms with E-state index in [1.165, 1.54) is 30.3 Å². The number of imide groups is 2. The summed E-state index contributed by atoms with van der Waals surface area (Å²) in [4.78, 5) is 49.4. The molecule has 10 nitrogen and oxygen atoms in total. The highest BCUT2D eigenvalue weighted by Gasteiger charge is 2.37. The number of ether oxygens (including phenoxy) is 2. The van der Waals surface area contributed by atoms with Crippen molar-refractivity contribution >= 4 is 46.9 Å². The van der Waals surface area contributed by atoms with Crippen LogP contribution in [0.15, 0.2) is 66.2 Å². The lowest BCUT2D eigenvalue weighted by Crippen LogP contribution is -2.54. The minimum Gasteiger partial charge on any atom is -0.490 e. The highest BCUT2D eigenvalue weighted by molar-refractivity contribution is 6.39. The van der Waals surface area contributed by atoms with Crippen molar-refractivity contribution in [1.82, 2.24) is 5.32 Å². The third kappa shape index (κ3) is 5.65. The van der Waals surface area contributed by atoms with Gasteiger partial charge in [0.05, 0.1) is 22.2 Å². The van der Waals surface area contributed by atoms with Gasteiger partial charge in [-0.3, -0.25) is 25.0 Å². The van der Waals surface area contributed by atoms with Crippen LogP contribution in [0.3, 0.4) is 0 Å². The first-order chi connectivity index (χ1) is 18.2. The third-order valence-electron chi connectivity index (χ3n) is 5.51. The van der Waals surface area contributed by atoms with Gasteiger partial charge >= 0.3 is 6.03 Å². The minimum absolute atomic E-state index is 0.0620. The second-order valence-corrected chi connectivity index (χ2v) is 8.68. The molecular weight excluding hydrogens is 514 g/mol. The topological polar surface area (TPSA) is 128 Å². The lowest BCUT2D eigenvalue weighted by atomic mass is 10.1. The zero-order chi connectivity index (χ0) is 27.4. The number of hydrogen-bond donors (Lipinski definition) is 1. The van der Waals surface area contributed by atoms with Crippen LogP contribution in [0.4, 0.5) is 16.2 Å². The molecule has 0 radical (unpaired) electrons. The fraction of sp³-hybridized carbons (Fsp3) is 0.148. The number of aryl methyl sites for hydroxylation is 1. The molecule has 3 aromatic rings. The normalized spacial score (nSPS) is 14.4. The molecule has 0 saturated carbocycles. The number of nitrogens with zero attached hydrogens (tertiary/aromatic N) is 2. The Morgan fingerprint density at radius 1 is 1.05 bits per heavy atom. The summed E-state index contributed by atoms with van der Waals surface area (Å²) in [5.41, 5.74) is 1.60. The summed E-state index contributed by atoms with van der Waals surface area (Å²) >= 11 is 6.50. The van der Waals surface area contributed by atoms with E-state index in [1.807, 2.05) is 31.2 Å². The summed E-state index contributed by atoms with van der Waals surface area (Å²) in [5.74, 6) is -1.27. The maximum atomic E-state index is 13.2. The van der Waals surface area contributed by atoms with Crippen molar-refractivity contribution in [2.24, 2.45) is 0 Å². The van der Waals surface area contributed by atoms with Gasteiger partial charge in [-0.2, -0.15) is 0 Å². The number of hydrogen-bond acceptors (Lipinski definition) is 7. The van der Waals surface area contributed by atoms with Crippen LogP contribution in [0.25, 0.3) is 6.08 Å². The third-order valence-corrected chi connectivity index (χ3v) is 5.79. The summed E-state index contributed by atoms with van der Waals surface area (Å²) in [6, 6.07) is 14.8. The quantitative estimate of drug-likeness (QED) is 0.182. The van der Waals surface area contributed by atoms with Crippen LogP contribution in [-0.4, -0.2) is 29.4 Å². The minimum atomic E-state index is -1.02. The van der Waals surface area contributed by atoms with E-state index in [0.29, 0.717) is 28.6 Å². The average molecular weight is 536 g/mol. The predicted octanol–water partition coefficient (Wildman–Crippen LogP) is 5.20. The first-order valence-electron chi connectivity index (χ1n) is 11.5. The maximum Gasteiger partial charge on any atom is 0.335 e. The van der Waals surface area contributed by atoms with Gasteiger partial charge in [0.25, 0.3) is 17.5 Å². The number of halogens is 1. The molecule has 1 fully saturated rings. The first-order valence-corrected chi connectivity index (χ1v) is 11.9. The molecule has 0 unspecified atom stereocenters. The van der Waals surface area contributed by atoms with Crippen LogP contribution < -0.4 is 19.7 Å². The highest BCUT2D eigenvalue weighted by atomic mass is 35.5. The number of anilines is 1. The summed E-state index contributed by atoms with van der Waals surface area (Å²) in [6.45, 7) is 4.29. The van der Waals surface area contributed by atoms with Crippen LogP contribution in [0.2, 0.25) is 5.02 Å². The van der Waals surface area contributed by atoms with E-state index in [-0.39, 0.29) is 28.6 Å². The van der Waals surface area contributed by atoms with Crippen molar-refractivity contribution in [3.8, 4) is 11.5 Å². The number of amides is 4. The van der Waals surface area contributed by atoms with Gasteiger partial charge in [-0.1, -0.05) is 47.5 Å². The SMILES string of the molecule is CCOc1cc(/C=C2\C(=O)NC(=O)N(c3cccc([N+](=O)[O-])c3)C2=O)cc(Cl)c1OCc1cccc(C)c1. The fourth-order valence-corrected chi connectivity index (χ4v) is 4.11. The Morgan fingerprint density at radius 3 is 2.53 bits per heavy atom. The van der Waals surface area contributed by atoms with Crippen LogP contribution in [-0.2, 0) is 16.2 Å². The second-order valence-electron chi connectivity index (χ2n) is 8.28. The van der Waals surface area contributed by atoms with Gasteiger partial charge in [-0.15, -0.1) is 0 Å². The van der Waals surface area contributed by atoms with E-state index in [4.69, 9.17) is 21.1 Å². The molecule has 4 amide bonds. The number of benzene rings is 3. The Labute approximate surface area is 222 Å². The van der Waals surface area contributed by atoms with Gasteiger partial charge in [0.1, 0.15) is 12.2 Å². The molecule has 0 aromatic heterocycles. The molecule has 1 saturated heterocycles. The number of nitro groups is 1. The molecular formula is C27H22ClN3O7. The molecule has 194 valence electrons. The zero-order valence-electron chi connectivity index (χ0n) is 20.4. The predicted molar refractivity (Wildman–Crippen MR) is 140 cm³/mol. The van der Waals surface area contributed by atoms with E-state index < -0.39 is 22.8 Å². The molecule has 0 aliphatic carbocycles. The van der Waals surface area contributed by atoms with Crippen LogP contribution in [0.1, 0.15) is 23.6 Å². The highest BCUT2D eigenvalue weighted by Crippen LogP contribution is 2.38. The summed E-state index contributed by atoms with van der Waals surface area (Å²) < 4.78 is 11.6. The Bertz CT molecular complexity index is 1490. The van der Waals surface area contributed by atoms with E-state index in [1.54, 1.807) is 13.0 Å². The molecule has 1 aliphatic heterocycles. The zero-order valence-corrected chi connectivity index (χ0v) is 21.2. The second kappa shape index (κ2) is 11.1. The van der Waals surface area contributed by atoms with Crippen LogP contribution in [0, 0.1) is 17.0 Å². The number of urea groups is 1. The molecule has 1 aliphatic rings. The number of barbiturate groups is 1. The van der Waals surface area contributed by atoms with Gasteiger partial charge in [0.2, 0.25) is 0 Å². The fourth-order valence-electron chi connectivity index (χ4n) is 3.84. The monoisotopic (exact) mass is 535 g/mol. The number of nitrogens with one attached hydrogen (secondary N) is 1. The molecule has 1 heterocycles. The van der Waals surface area contributed by atoms with Crippen molar-refractivity contribution in [2.75, 3.05) is 11.5 Å². The van der Waals surface area contributed by atoms with Crippen molar-refractivity contribution in [2.45, 2.75) is 20.5 Å². The molecule has 3 aromatic carbocycles. The summed E-state index contributed by atoms with van der Waals surface area (Å²) in [5, 5.41) is 13.4. The average Bonchev–Trinajstić information content (AvgIpc) is 2.86. The van der Waals surface area contributed by atoms with E-state index in [2.05, 4.69) is 5.32 Å². The molecule has 11 heteroatoms. The summed E-state index contributed by atoms with van der Waals surface area (Å²) in [7, 11) is 0.